The Balaban J connectivity index is 0.000000294. The van der Waals surface area contributed by atoms with Crippen molar-refractivity contribution in [1.29, 1.82) is 5.26 Å². The maximum absolute atomic E-state index is 12.6. The van der Waals surface area contributed by atoms with E-state index in [-0.39, 0.29) is 23.4 Å². The molecule has 0 heterocycles. The molecule has 1 atom stereocenters. The van der Waals surface area contributed by atoms with Gasteiger partial charge in [-0.05, 0) is 55.0 Å². The average Bonchev–Trinajstić information content (AvgIpc) is 2.85. The Morgan fingerprint density at radius 2 is 1.73 bits per heavy atom. The number of nitriles is 1. The van der Waals surface area contributed by atoms with Crippen LogP contribution in [-0.2, 0) is 27.2 Å². The Hall–Kier alpha value is -3.46. The van der Waals surface area contributed by atoms with Crippen molar-refractivity contribution in [2.24, 2.45) is 0 Å². The largest absolute Gasteiger partial charge is 0.417 e. The SMILES string of the molecule is CC(O)(C=O)CS(=O)(=O)c1cccc2c(CCCO)cccc12.CNc1ccc(C#N)c(C(F)(F)F)c1. The van der Waals surface area contributed by atoms with Gasteiger partial charge in [-0.1, -0.05) is 30.3 Å². The number of benzene rings is 3. The zero-order valence-corrected chi connectivity index (χ0v) is 21.0. The number of sulfone groups is 1. The number of nitrogens with zero attached hydrogens (tertiary/aromatic N) is 1. The lowest BCUT2D eigenvalue weighted by Crippen LogP contribution is -2.35. The van der Waals surface area contributed by atoms with E-state index in [9.17, 15) is 31.5 Å². The van der Waals surface area contributed by atoms with Crippen LogP contribution in [0.15, 0.2) is 59.5 Å². The third kappa shape index (κ3) is 7.76. The van der Waals surface area contributed by atoms with E-state index in [4.69, 9.17) is 10.4 Å². The Kier molecular flexibility index (Phi) is 9.80. The zero-order chi connectivity index (χ0) is 27.9. The second-order valence-electron chi connectivity index (χ2n) is 8.45. The van der Waals surface area contributed by atoms with Gasteiger partial charge in [-0.2, -0.15) is 18.4 Å². The summed E-state index contributed by atoms with van der Waals surface area (Å²) in [6, 6.07) is 15.3. The van der Waals surface area contributed by atoms with E-state index in [0.29, 0.717) is 23.9 Å². The van der Waals surface area contributed by atoms with Gasteiger partial charge in [0, 0.05) is 24.7 Å². The van der Waals surface area contributed by atoms with Gasteiger partial charge in [0.2, 0.25) is 0 Å². The second kappa shape index (κ2) is 12.2. The van der Waals surface area contributed by atoms with Gasteiger partial charge in [-0.15, -0.1) is 0 Å². The van der Waals surface area contributed by atoms with Crippen LogP contribution in [0.3, 0.4) is 0 Å². The van der Waals surface area contributed by atoms with E-state index < -0.39 is 32.9 Å². The van der Waals surface area contributed by atoms with E-state index in [0.717, 1.165) is 23.1 Å². The van der Waals surface area contributed by atoms with Gasteiger partial charge in [0.15, 0.2) is 16.1 Å². The van der Waals surface area contributed by atoms with Gasteiger partial charge in [0.25, 0.3) is 0 Å². The van der Waals surface area contributed by atoms with Crippen LogP contribution in [0.4, 0.5) is 18.9 Å². The minimum Gasteiger partial charge on any atom is -0.396 e. The molecular weight excluding hydrogens is 509 g/mol. The summed E-state index contributed by atoms with van der Waals surface area (Å²) in [5, 5.41) is 31.2. The number of halogens is 3. The first-order valence-electron chi connectivity index (χ1n) is 11.1. The van der Waals surface area contributed by atoms with Gasteiger partial charge >= 0.3 is 6.18 Å². The van der Waals surface area contributed by atoms with E-state index in [1.54, 1.807) is 18.2 Å². The smallest absolute Gasteiger partial charge is 0.396 e. The molecule has 0 aliphatic heterocycles. The zero-order valence-electron chi connectivity index (χ0n) is 20.2. The number of alkyl halides is 3. The van der Waals surface area contributed by atoms with Crippen LogP contribution in [0.25, 0.3) is 10.8 Å². The molecule has 0 saturated carbocycles. The molecule has 0 radical (unpaired) electrons. The molecule has 0 aromatic heterocycles. The molecule has 0 aliphatic rings. The second-order valence-corrected chi connectivity index (χ2v) is 10.4. The van der Waals surface area contributed by atoms with Gasteiger partial charge in [-0.25, -0.2) is 8.42 Å². The molecule has 0 spiro atoms. The lowest BCUT2D eigenvalue weighted by Gasteiger charge is -2.17. The summed E-state index contributed by atoms with van der Waals surface area (Å²) in [7, 11) is -2.31. The maximum atomic E-state index is 12.6. The van der Waals surface area contributed by atoms with E-state index >= 15 is 0 Å². The maximum Gasteiger partial charge on any atom is 0.417 e. The highest BCUT2D eigenvalue weighted by Gasteiger charge is 2.33. The molecule has 3 aromatic carbocycles. The summed E-state index contributed by atoms with van der Waals surface area (Å²) in [5.41, 5.74) is -1.91. The summed E-state index contributed by atoms with van der Waals surface area (Å²) in [5.74, 6) is -0.663. The number of nitrogens with one attached hydrogen (secondary N) is 1. The summed E-state index contributed by atoms with van der Waals surface area (Å²) >= 11 is 0. The van der Waals surface area contributed by atoms with Gasteiger partial charge < -0.3 is 20.3 Å². The number of fused-ring (bicyclic) bond motifs is 1. The molecule has 3 aromatic rings. The minimum absolute atomic E-state index is 0.0661. The quantitative estimate of drug-likeness (QED) is 0.370. The summed E-state index contributed by atoms with van der Waals surface area (Å²) in [4.78, 5) is 10.9. The molecule has 0 amide bonds. The van der Waals surface area contributed by atoms with Crippen molar-refractivity contribution in [2.75, 3.05) is 24.7 Å². The first-order valence-corrected chi connectivity index (χ1v) is 12.8. The fourth-order valence-corrected chi connectivity index (χ4v) is 5.43. The summed E-state index contributed by atoms with van der Waals surface area (Å²) < 4.78 is 62.3. The molecule has 3 rings (SSSR count). The highest BCUT2D eigenvalue weighted by Crippen LogP contribution is 2.33. The van der Waals surface area contributed by atoms with Gasteiger partial charge in [-0.3, -0.25) is 0 Å². The van der Waals surface area contributed by atoms with Crippen molar-refractivity contribution >= 4 is 32.6 Å². The molecule has 0 fully saturated rings. The molecule has 37 heavy (non-hydrogen) atoms. The number of aryl methyl sites for hydroxylation is 1. The minimum atomic E-state index is -4.49. The number of aldehydes is 1. The molecule has 1 unspecified atom stereocenters. The normalized spacial score (nSPS) is 13.1. The Morgan fingerprint density at radius 1 is 1.08 bits per heavy atom. The van der Waals surface area contributed by atoms with E-state index in [1.165, 1.54) is 32.2 Å². The third-order valence-corrected chi connectivity index (χ3v) is 7.37. The molecular formula is C26H27F3N2O5S. The number of carbonyl (C=O) groups is 1. The average molecular weight is 537 g/mol. The van der Waals surface area contributed by atoms with Crippen molar-refractivity contribution < 1.29 is 36.6 Å². The standard InChI is InChI=1S/C17H20O5S.C9H7F3N2/c1-17(20,11-19)12-23(21,22)16-9-3-7-14-13(6-4-10-18)5-2-8-15(14)16;1-14-7-3-2-6(5-13)8(4-7)9(10,11)12/h2-3,5,7-9,11,18,20H,4,6,10,12H2,1H3;2-4,14H,1H3. The van der Waals surface area contributed by atoms with Crippen molar-refractivity contribution in [3.8, 4) is 6.07 Å². The van der Waals surface area contributed by atoms with Crippen molar-refractivity contribution in [1.82, 2.24) is 0 Å². The molecule has 3 N–H and O–H groups in total. The van der Waals surface area contributed by atoms with Crippen LogP contribution in [0.2, 0.25) is 0 Å². The third-order valence-electron chi connectivity index (χ3n) is 5.38. The van der Waals surface area contributed by atoms with Crippen molar-refractivity contribution in [3.63, 3.8) is 0 Å². The number of anilines is 1. The molecule has 11 heteroatoms. The van der Waals surface area contributed by atoms with Gasteiger partial charge in [0.05, 0.1) is 27.8 Å². The molecule has 0 saturated heterocycles. The number of rotatable bonds is 8. The highest BCUT2D eigenvalue weighted by molar-refractivity contribution is 7.91. The number of aliphatic hydroxyl groups is 2. The Labute approximate surface area is 213 Å². The first-order chi connectivity index (χ1) is 17.3. The molecule has 7 nitrogen and oxygen atoms in total. The fraction of sp³-hybridized carbons (Fsp3) is 0.308. The van der Waals surface area contributed by atoms with E-state index in [1.807, 2.05) is 12.1 Å². The number of aliphatic hydroxyl groups excluding tert-OH is 1. The lowest BCUT2D eigenvalue weighted by molar-refractivity contribution is -0.137. The summed E-state index contributed by atoms with van der Waals surface area (Å²) in [6.07, 6.45) is -3.01. The first kappa shape index (κ1) is 29.8. The van der Waals surface area contributed by atoms with Crippen molar-refractivity contribution in [2.45, 2.75) is 36.4 Å². The predicted molar refractivity (Wildman–Crippen MR) is 134 cm³/mol. The topological polar surface area (TPSA) is 127 Å². The Bertz CT molecular complexity index is 1400. The predicted octanol–water partition coefficient (Wildman–Crippen LogP) is 4.11. The molecule has 198 valence electrons. The van der Waals surface area contributed by atoms with Crippen LogP contribution in [0.5, 0.6) is 0 Å². The van der Waals surface area contributed by atoms with E-state index in [2.05, 4.69) is 5.32 Å². The molecule has 0 aliphatic carbocycles. The van der Waals surface area contributed by atoms with Crippen LogP contribution >= 0.6 is 0 Å². The fourth-order valence-electron chi connectivity index (χ4n) is 3.63. The van der Waals surface area contributed by atoms with Crippen LogP contribution in [0.1, 0.15) is 30.0 Å². The molecule has 0 bridgehead atoms. The van der Waals surface area contributed by atoms with Crippen LogP contribution in [-0.4, -0.2) is 49.9 Å². The van der Waals surface area contributed by atoms with Crippen molar-refractivity contribution in [3.05, 3.63) is 71.3 Å². The van der Waals surface area contributed by atoms with Crippen LogP contribution in [0, 0.1) is 11.3 Å². The number of carbonyl (C=O) groups excluding carboxylic acids is 1. The Morgan fingerprint density at radius 3 is 2.30 bits per heavy atom. The number of hydrogen-bond acceptors (Lipinski definition) is 7. The van der Waals surface area contributed by atoms with Gasteiger partial charge in [0.1, 0.15) is 5.60 Å². The highest BCUT2D eigenvalue weighted by atomic mass is 32.2. The van der Waals surface area contributed by atoms with Crippen LogP contribution < -0.4 is 5.32 Å². The summed E-state index contributed by atoms with van der Waals surface area (Å²) in [6.45, 7) is 1.24. The lowest BCUT2D eigenvalue weighted by atomic mass is 10.0. The number of hydrogen-bond donors (Lipinski definition) is 3. The monoisotopic (exact) mass is 536 g/mol.